The Balaban J connectivity index is 2.67. The summed E-state index contributed by atoms with van der Waals surface area (Å²) in [4.78, 5) is 0.772. The van der Waals surface area contributed by atoms with Crippen LogP contribution >= 0.6 is 22.9 Å². The molecular formula is C7H9ClO2S. The van der Waals surface area contributed by atoms with E-state index in [0.29, 0.717) is 11.6 Å². The molecule has 1 unspecified atom stereocenters. The van der Waals surface area contributed by atoms with Crippen LogP contribution in [0.4, 0.5) is 0 Å². The van der Waals surface area contributed by atoms with Gasteiger partial charge in [-0.3, -0.25) is 0 Å². The van der Waals surface area contributed by atoms with E-state index in [-0.39, 0.29) is 0 Å². The Kier molecular flexibility index (Phi) is 3.33. The second-order valence-corrected chi connectivity index (χ2v) is 3.46. The van der Waals surface area contributed by atoms with Gasteiger partial charge < -0.3 is 9.84 Å². The largest absolute Gasteiger partial charge is 0.385 e. The lowest BCUT2D eigenvalue weighted by molar-refractivity contribution is 0.0667. The summed E-state index contributed by atoms with van der Waals surface area (Å²) in [6, 6.07) is 1.76. The summed E-state index contributed by atoms with van der Waals surface area (Å²) in [5, 5.41) is 11.8. The SMILES string of the molecule is COCC(O)c1sccc1Cl. The van der Waals surface area contributed by atoms with Gasteiger partial charge in [0.15, 0.2) is 0 Å². The molecule has 0 spiro atoms. The summed E-state index contributed by atoms with van der Waals surface area (Å²) in [6.07, 6.45) is -0.590. The molecule has 1 atom stereocenters. The number of hydrogen-bond acceptors (Lipinski definition) is 3. The summed E-state index contributed by atoms with van der Waals surface area (Å²) in [7, 11) is 1.55. The number of aliphatic hydroxyl groups excluding tert-OH is 1. The van der Waals surface area contributed by atoms with Crippen molar-refractivity contribution >= 4 is 22.9 Å². The molecule has 0 bridgehead atoms. The average Bonchev–Trinajstić information content (AvgIpc) is 2.36. The van der Waals surface area contributed by atoms with Gasteiger partial charge in [-0.05, 0) is 11.4 Å². The maximum absolute atomic E-state index is 9.39. The predicted molar refractivity (Wildman–Crippen MR) is 46.2 cm³/mol. The highest BCUT2D eigenvalue weighted by Gasteiger charge is 2.11. The number of ether oxygens (including phenoxy) is 1. The number of methoxy groups -OCH3 is 1. The van der Waals surface area contributed by atoms with Gasteiger partial charge in [0, 0.05) is 7.11 Å². The van der Waals surface area contributed by atoms with Crippen molar-refractivity contribution in [1.29, 1.82) is 0 Å². The number of hydrogen-bond donors (Lipinski definition) is 1. The first-order valence-electron chi connectivity index (χ1n) is 3.15. The molecule has 62 valence electrons. The van der Waals surface area contributed by atoms with Crippen molar-refractivity contribution in [3.05, 3.63) is 21.3 Å². The summed E-state index contributed by atoms with van der Waals surface area (Å²) in [6.45, 7) is 0.292. The molecule has 1 N–H and O–H groups in total. The second-order valence-electron chi connectivity index (χ2n) is 2.10. The van der Waals surface area contributed by atoms with Crippen LogP contribution in [0.5, 0.6) is 0 Å². The fourth-order valence-corrected chi connectivity index (χ4v) is 1.93. The first-order valence-corrected chi connectivity index (χ1v) is 4.41. The minimum atomic E-state index is -0.590. The molecule has 0 saturated heterocycles. The fraction of sp³-hybridized carbons (Fsp3) is 0.429. The maximum atomic E-state index is 9.39. The molecule has 1 aromatic rings. The normalized spacial score (nSPS) is 13.4. The highest BCUT2D eigenvalue weighted by molar-refractivity contribution is 7.10. The van der Waals surface area contributed by atoms with Gasteiger partial charge in [-0.15, -0.1) is 11.3 Å². The molecule has 0 aliphatic carbocycles. The van der Waals surface area contributed by atoms with Gasteiger partial charge in [0.25, 0.3) is 0 Å². The Morgan fingerprint density at radius 2 is 2.55 bits per heavy atom. The molecule has 0 aliphatic rings. The number of halogens is 1. The molecule has 0 aliphatic heterocycles. The number of aliphatic hydroxyl groups is 1. The lowest BCUT2D eigenvalue weighted by atomic mass is 10.3. The van der Waals surface area contributed by atoms with E-state index in [2.05, 4.69) is 0 Å². The Morgan fingerprint density at radius 1 is 1.82 bits per heavy atom. The maximum Gasteiger partial charge on any atom is 0.113 e. The van der Waals surface area contributed by atoms with Crippen molar-refractivity contribution in [2.45, 2.75) is 6.10 Å². The van der Waals surface area contributed by atoms with Crippen LogP contribution in [-0.2, 0) is 4.74 Å². The van der Waals surface area contributed by atoms with Gasteiger partial charge >= 0.3 is 0 Å². The van der Waals surface area contributed by atoms with Gasteiger partial charge in [0.1, 0.15) is 6.10 Å². The lowest BCUT2D eigenvalue weighted by Gasteiger charge is -2.06. The Hall–Kier alpha value is -0.0900. The molecule has 1 heterocycles. The quantitative estimate of drug-likeness (QED) is 0.795. The summed E-state index contributed by atoms with van der Waals surface area (Å²) >= 11 is 7.20. The van der Waals surface area contributed by atoms with Crippen molar-refractivity contribution in [3.63, 3.8) is 0 Å². The van der Waals surface area contributed by atoms with E-state index >= 15 is 0 Å². The first kappa shape index (κ1) is 9.00. The molecule has 0 radical (unpaired) electrons. The number of rotatable bonds is 3. The molecule has 0 saturated carbocycles. The van der Waals surface area contributed by atoms with Gasteiger partial charge in [0.2, 0.25) is 0 Å². The summed E-state index contributed by atoms with van der Waals surface area (Å²) in [5.41, 5.74) is 0. The van der Waals surface area contributed by atoms with Gasteiger partial charge in [-0.2, -0.15) is 0 Å². The fourth-order valence-electron chi connectivity index (χ4n) is 0.777. The molecule has 11 heavy (non-hydrogen) atoms. The topological polar surface area (TPSA) is 29.5 Å². The Labute approximate surface area is 74.4 Å². The minimum absolute atomic E-state index is 0.292. The van der Waals surface area contributed by atoms with E-state index in [1.807, 2.05) is 5.38 Å². The smallest absolute Gasteiger partial charge is 0.113 e. The zero-order valence-corrected chi connectivity index (χ0v) is 7.65. The van der Waals surface area contributed by atoms with E-state index in [1.54, 1.807) is 13.2 Å². The van der Waals surface area contributed by atoms with Crippen LogP contribution in [-0.4, -0.2) is 18.8 Å². The van der Waals surface area contributed by atoms with E-state index in [4.69, 9.17) is 16.3 Å². The van der Waals surface area contributed by atoms with E-state index in [1.165, 1.54) is 11.3 Å². The van der Waals surface area contributed by atoms with Crippen molar-refractivity contribution < 1.29 is 9.84 Å². The molecule has 0 amide bonds. The van der Waals surface area contributed by atoms with Crippen LogP contribution < -0.4 is 0 Å². The highest BCUT2D eigenvalue weighted by atomic mass is 35.5. The third kappa shape index (κ3) is 2.17. The minimum Gasteiger partial charge on any atom is -0.385 e. The zero-order chi connectivity index (χ0) is 8.27. The lowest BCUT2D eigenvalue weighted by Crippen LogP contribution is -2.03. The Bertz CT molecular complexity index is 224. The molecular weight excluding hydrogens is 184 g/mol. The first-order chi connectivity index (χ1) is 5.25. The van der Waals surface area contributed by atoms with Crippen LogP contribution in [0.15, 0.2) is 11.4 Å². The third-order valence-corrected chi connectivity index (χ3v) is 2.73. The van der Waals surface area contributed by atoms with Crippen molar-refractivity contribution in [2.24, 2.45) is 0 Å². The highest BCUT2D eigenvalue weighted by Crippen LogP contribution is 2.28. The summed E-state index contributed by atoms with van der Waals surface area (Å²) in [5.74, 6) is 0. The van der Waals surface area contributed by atoms with E-state index in [0.717, 1.165) is 4.88 Å². The van der Waals surface area contributed by atoms with Crippen LogP contribution in [0.3, 0.4) is 0 Å². The average molecular weight is 193 g/mol. The van der Waals surface area contributed by atoms with Crippen molar-refractivity contribution in [2.75, 3.05) is 13.7 Å². The molecule has 2 nitrogen and oxygen atoms in total. The molecule has 0 aromatic carbocycles. The van der Waals surface area contributed by atoms with Gasteiger partial charge in [-0.1, -0.05) is 11.6 Å². The predicted octanol–water partition coefficient (Wildman–Crippen LogP) is 2.08. The van der Waals surface area contributed by atoms with Crippen LogP contribution in [0.2, 0.25) is 5.02 Å². The summed E-state index contributed by atoms with van der Waals surface area (Å²) < 4.78 is 4.78. The van der Waals surface area contributed by atoms with Crippen LogP contribution in [0, 0.1) is 0 Å². The van der Waals surface area contributed by atoms with E-state index < -0.39 is 6.10 Å². The zero-order valence-electron chi connectivity index (χ0n) is 6.08. The van der Waals surface area contributed by atoms with Crippen molar-refractivity contribution in [3.8, 4) is 0 Å². The standard InChI is InChI=1S/C7H9ClO2S/c1-10-4-6(9)7-5(8)2-3-11-7/h2-3,6,9H,4H2,1H3. The third-order valence-electron chi connectivity index (χ3n) is 1.27. The molecule has 1 rings (SSSR count). The van der Waals surface area contributed by atoms with Gasteiger partial charge in [0.05, 0.1) is 16.5 Å². The van der Waals surface area contributed by atoms with Gasteiger partial charge in [-0.25, -0.2) is 0 Å². The van der Waals surface area contributed by atoms with Crippen molar-refractivity contribution in [1.82, 2.24) is 0 Å². The second kappa shape index (κ2) is 4.07. The number of thiophene rings is 1. The molecule has 1 aromatic heterocycles. The van der Waals surface area contributed by atoms with Crippen LogP contribution in [0.1, 0.15) is 11.0 Å². The monoisotopic (exact) mass is 192 g/mol. The molecule has 4 heteroatoms. The molecule has 0 fully saturated rings. The Morgan fingerprint density at radius 3 is 3.00 bits per heavy atom. The van der Waals surface area contributed by atoms with E-state index in [9.17, 15) is 5.11 Å². The van der Waals surface area contributed by atoms with Crippen LogP contribution in [0.25, 0.3) is 0 Å².